The van der Waals surface area contributed by atoms with Crippen molar-refractivity contribution in [1.82, 2.24) is 5.32 Å². The van der Waals surface area contributed by atoms with Crippen LogP contribution in [0.2, 0.25) is 5.02 Å². The standard InChI is InChI=1S/C14H19ClN2O/c1-9(2)12(10-3-5-11(15)6-4-10)17-13(18)14(16)7-8-14/h3-6,9,12H,7-8,16H2,1-2H3,(H,17,18). The van der Waals surface area contributed by atoms with Crippen LogP contribution in [0.1, 0.15) is 38.3 Å². The summed E-state index contributed by atoms with van der Waals surface area (Å²) in [6.45, 7) is 4.16. The minimum atomic E-state index is -0.625. The van der Waals surface area contributed by atoms with Crippen LogP contribution in [0.25, 0.3) is 0 Å². The molecule has 18 heavy (non-hydrogen) atoms. The Kier molecular flexibility index (Phi) is 3.64. The molecule has 1 unspecified atom stereocenters. The van der Waals surface area contributed by atoms with Crippen molar-refractivity contribution in [2.45, 2.75) is 38.3 Å². The highest BCUT2D eigenvalue weighted by Gasteiger charge is 2.46. The Morgan fingerprint density at radius 1 is 1.33 bits per heavy atom. The molecular formula is C14H19ClN2O. The number of hydrogen-bond acceptors (Lipinski definition) is 2. The SMILES string of the molecule is CC(C)C(NC(=O)C1(N)CC1)c1ccc(Cl)cc1. The van der Waals surface area contributed by atoms with E-state index in [2.05, 4.69) is 19.2 Å². The van der Waals surface area contributed by atoms with E-state index >= 15 is 0 Å². The van der Waals surface area contributed by atoms with Gasteiger partial charge < -0.3 is 11.1 Å². The minimum Gasteiger partial charge on any atom is -0.347 e. The van der Waals surface area contributed by atoms with Gasteiger partial charge in [-0.25, -0.2) is 0 Å². The van der Waals surface area contributed by atoms with E-state index in [1.165, 1.54) is 0 Å². The van der Waals surface area contributed by atoms with Crippen LogP contribution < -0.4 is 11.1 Å². The van der Waals surface area contributed by atoms with Gasteiger partial charge in [0, 0.05) is 5.02 Å². The molecule has 0 radical (unpaired) electrons. The number of nitrogens with one attached hydrogen (secondary N) is 1. The lowest BCUT2D eigenvalue weighted by Crippen LogP contribution is -2.45. The molecule has 0 heterocycles. The van der Waals surface area contributed by atoms with E-state index in [9.17, 15) is 4.79 Å². The Morgan fingerprint density at radius 2 is 1.89 bits per heavy atom. The fourth-order valence-electron chi connectivity index (χ4n) is 1.95. The highest BCUT2D eigenvalue weighted by Crippen LogP contribution is 2.34. The maximum Gasteiger partial charge on any atom is 0.240 e. The smallest absolute Gasteiger partial charge is 0.240 e. The topological polar surface area (TPSA) is 55.1 Å². The van der Waals surface area contributed by atoms with Crippen molar-refractivity contribution in [1.29, 1.82) is 0 Å². The fourth-order valence-corrected chi connectivity index (χ4v) is 2.08. The summed E-state index contributed by atoms with van der Waals surface area (Å²) >= 11 is 5.88. The van der Waals surface area contributed by atoms with Crippen LogP contribution in [0, 0.1) is 5.92 Å². The van der Waals surface area contributed by atoms with Crippen molar-refractivity contribution in [3.05, 3.63) is 34.9 Å². The molecule has 1 aliphatic rings. The summed E-state index contributed by atoms with van der Waals surface area (Å²) in [6, 6.07) is 7.56. The molecule has 3 N–H and O–H groups in total. The molecule has 1 atom stereocenters. The maximum atomic E-state index is 12.0. The molecule has 0 spiro atoms. The third kappa shape index (κ3) is 2.85. The summed E-state index contributed by atoms with van der Waals surface area (Å²) in [5.41, 5.74) is 6.34. The van der Waals surface area contributed by atoms with E-state index in [0.29, 0.717) is 10.9 Å². The first-order valence-electron chi connectivity index (χ1n) is 6.28. The van der Waals surface area contributed by atoms with Crippen molar-refractivity contribution in [2.24, 2.45) is 11.7 Å². The largest absolute Gasteiger partial charge is 0.347 e. The van der Waals surface area contributed by atoms with E-state index in [0.717, 1.165) is 18.4 Å². The van der Waals surface area contributed by atoms with Crippen LogP contribution in [-0.2, 0) is 4.79 Å². The molecule has 0 saturated heterocycles. The number of carbonyl (C=O) groups is 1. The average molecular weight is 267 g/mol. The Labute approximate surface area is 113 Å². The molecule has 2 rings (SSSR count). The number of rotatable bonds is 4. The Bertz CT molecular complexity index is 438. The second-order valence-corrected chi connectivity index (χ2v) is 5.84. The first-order valence-corrected chi connectivity index (χ1v) is 6.65. The highest BCUT2D eigenvalue weighted by molar-refractivity contribution is 6.30. The molecule has 1 fully saturated rings. The average Bonchev–Trinajstić information content (AvgIpc) is 3.06. The van der Waals surface area contributed by atoms with Crippen molar-refractivity contribution < 1.29 is 4.79 Å². The molecule has 1 aliphatic carbocycles. The predicted molar refractivity (Wildman–Crippen MR) is 73.3 cm³/mol. The van der Waals surface area contributed by atoms with Gasteiger partial charge in [-0.3, -0.25) is 4.79 Å². The number of hydrogen-bond donors (Lipinski definition) is 2. The number of carbonyl (C=O) groups excluding carboxylic acids is 1. The zero-order valence-corrected chi connectivity index (χ0v) is 11.5. The van der Waals surface area contributed by atoms with Gasteiger partial charge in [-0.1, -0.05) is 37.6 Å². The summed E-state index contributed by atoms with van der Waals surface area (Å²) in [5, 5.41) is 3.75. The summed E-state index contributed by atoms with van der Waals surface area (Å²) in [6.07, 6.45) is 1.56. The summed E-state index contributed by atoms with van der Waals surface area (Å²) < 4.78 is 0. The van der Waals surface area contributed by atoms with Gasteiger partial charge >= 0.3 is 0 Å². The molecule has 0 aliphatic heterocycles. The zero-order chi connectivity index (χ0) is 13.3. The predicted octanol–water partition coefficient (Wildman–Crippen LogP) is 2.64. The quantitative estimate of drug-likeness (QED) is 0.880. The normalized spacial score (nSPS) is 18.5. The van der Waals surface area contributed by atoms with Gasteiger partial charge in [-0.05, 0) is 36.5 Å². The molecule has 1 aromatic rings. The van der Waals surface area contributed by atoms with Crippen molar-refractivity contribution in [3.63, 3.8) is 0 Å². The molecule has 0 aromatic heterocycles. The minimum absolute atomic E-state index is 0.0178. The van der Waals surface area contributed by atoms with Crippen LogP contribution in [0.5, 0.6) is 0 Å². The molecule has 0 bridgehead atoms. The molecule has 98 valence electrons. The third-order valence-corrected chi connectivity index (χ3v) is 3.68. The van der Waals surface area contributed by atoms with Crippen LogP contribution >= 0.6 is 11.6 Å². The fraction of sp³-hybridized carbons (Fsp3) is 0.500. The molecule has 1 aromatic carbocycles. The highest BCUT2D eigenvalue weighted by atomic mass is 35.5. The number of nitrogens with two attached hydrogens (primary N) is 1. The summed E-state index contributed by atoms with van der Waals surface area (Å²) in [7, 11) is 0. The van der Waals surface area contributed by atoms with Gasteiger partial charge in [-0.15, -0.1) is 0 Å². The third-order valence-electron chi connectivity index (χ3n) is 3.42. The van der Waals surface area contributed by atoms with Crippen LogP contribution in [0.3, 0.4) is 0 Å². The van der Waals surface area contributed by atoms with Gasteiger partial charge in [0.15, 0.2) is 0 Å². The van der Waals surface area contributed by atoms with E-state index in [1.807, 2.05) is 24.3 Å². The van der Waals surface area contributed by atoms with E-state index < -0.39 is 5.54 Å². The second kappa shape index (κ2) is 4.90. The molecule has 4 heteroatoms. The van der Waals surface area contributed by atoms with Gasteiger partial charge in [0.2, 0.25) is 5.91 Å². The first-order chi connectivity index (χ1) is 8.42. The summed E-state index contributed by atoms with van der Waals surface area (Å²) in [4.78, 5) is 12.0. The van der Waals surface area contributed by atoms with Crippen LogP contribution in [0.4, 0.5) is 0 Å². The van der Waals surface area contributed by atoms with E-state index in [-0.39, 0.29) is 11.9 Å². The van der Waals surface area contributed by atoms with Crippen molar-refractivity contribution in [2.75, 3.05) is 0 Å². The van der Waals surface area contributed by atoms with Gasteiger partial charge in [0.05, 0.1) is 11.6 Å². The molecule has 1 saturated carbocycles. The lowest BCUT2D eigenvalue weighted by atomic mass is 9.95. The van der Waals surface area contributed by atoms with E-state index in [1.54, 1.807) is 0 Å². The van der Waals surface area contributed by atoms with Crippen molar-refractivity contribution in [3.8, 4) is 0 Å². The van der Waals surface area contributed by atoms with Gasteiger partial charge in [-0.2, -0.15) is 0 Å². The summed E-state index contributed by atoms with van der Waals surface area (Å²) in [5.74, 6) is 0.258. The number of benzene rings is 1. The van der Waals surface area contributed by atoms with E-state index in [4.69, 9.17) is 17.3 Å². The molecule has 3 nitrogen and oxygen atoms in total. The van der Waals surface area contributed by atoms with Crippen molar-refractivity contribution >= 4 is 17.5 Å². The maximum absolute atomic E-state index is 12.0. The number of halogens is 1. The number of amides is 1. The zero-order valence-electron chi connectivity index (χ0n) is 10.7. The molecular weight excluding hydrogens is 248 g/mol. The second-order valence-electron chi connectivity index (χ2n) is 5.40. The monoisotopic (exact) mass is 266 g/mol. The van der Waals surface area contributed by atoms with Gasteiger partial charge in [0.1, 0.15) is 0 Å². The Balaban J connectivity index is 2.13. The lowest BCUT2D eigenvalue weighted by Gasteiger charge is -2.24. The Morgan fingerprint density at radius 3 is 2.33 bits per heavy atom. The first kappa shape index (κ1) is 13.4. The lowest BCUT2D eigenvalue weighted by molar-refractivity contribution is -0.124. The Hall–Kier alpha value is -1.06. The molecule has 1 amide bonds. The van der Waals surface area contributed by atoms with Crippen LogP contribution in [0.15, 0.2) is 24.3 Å². The van der Waals surface area contributed by atoms with Gasteiger partial charge in [0.25, 0.3) is 0 Å². The van der Waals surface area contributed by atoms with Crippen LogP contribution in [-0.4, -0.2) is 11.4 Å².